The van der Waals surface area contributed by atoms with Crippen LogP contribution in [0.3, 0.4) is 0 Å². The lowest BCUT2D eigenvalue weighted by molar-refractivity contribution is -0.390. The molecule has 1 aromatic carbocycles. The molecule has 0 atom stereocenters. The van der Waals surface area contributed by atoms with E-state index in [1.165, 1.54) is 22.6 Å². The monoisotopic (exact) mass is 335 g/mol. The molecule has 0 aliphatic rings. The first kappa shape index (κ1) is 12.1. The van der Waals surface area contributed by atoms with E-state index in [0.29, 0.717) is 12.1 Å². The molecule has 15 heavy (non-hydrogen) atoms. The first-order valence-corrected chi connectivity index (χ1v) is 4.52. The number of hydrogen-bond donors (Lipinski definition) is 0. The van der Waals surface area contributed by atoms with E-state index in [1.54, 1.807) is 0 Å². The molecule has 82 valence electrons. The largest absolute Gasteiger partial charge is 0.423 e. The van der Waals surface area contributed by atoms with Gasteiger partial charge in [0.25, 0.3) is 0 Å². The van der Waals surface area contributed by atoms with Crippen molar-refractivity contribution in [3.05, 3.63) is 37.2 Å². The number of alkyl halides is 3. The van der Waals surface area contributed by atoms with E-state index in [4.69, 9.17) is 0 Å². The molecule has 8 heteroatoms. The van der Waals surface area contributed by atoms with Crippen molar-refractivity contribution in [2.24, 2.45) is 0 Å². The fourth-order valence-corrected chi connectivity index (χ4v) is 1.55. The number of nitro groups is 1. The molecule has 0 spiro atoms. The van der Waals surface area contributed by atoms with Gasteiger partial charge in [-0.3, -0.25) is 10.1 Å². The lowest BCUT2D eigenvalue weighted by atomic mass is 10.1. The third-order valence-electron chi connectivity index (χ3n) is 1.52. The molecule has 3 nitrogen and oxygen atoms in total. The third-order valence-corrected chi connectivity index (χ3v) is 2.14. The molecule has 0 bridgehead atoms. The lowest BCUT2D eigenvalue weighted by Gasteiger charge is -2.08. The van der Waals surface area contributed by atoms with Crippen LogP contribution in [0.5, 0.6) is 0 Å². The van der Waals surface area contributed by atoms with E-state index in [0.717, 1.165) is 0 Å². The summed E-state index contributed by atoms with van der Waals surface area (Å²) < 4.78 is 49.8. The zero-order valence-electron chi connectivity index (χ0n) is 6.81. The molecule has 0 aromatic heterocycles. The molecule has 1 aromatic rings. The molecule has 0 saturated heterocycles. The number of hydrogen-bond acceptors (Lipinski definition) is 2. The summed E-state index contributed by atoms with van der Waals surface area (Å²) in [6.45, 7) is 0. The first-order valence-electron chi connectivity index (χ1n) is 3.44. The van der Waals surface area contributed by atoms with Crippen molar-refractivity contribution in [1.29, 1.82) is 0 Å². The van der Waals surface area contributed by atoms with Crippen LogP contribution in [0.1, 0.15) is 5.56 Å². The Labute approximate surface area is 94.4 Å². The van der Waals surface area contributed by atoms with Crippen LogP contribution in [-0.4, -0.2) is 4.92 Å². The van der Waals surface area contributed by atoms with Gasteiger partial charge in [0.15, 0.2) is 0 Å². The van der Waals surface area contributed by atoms with Crippen molar-refractivity contribution in [1.82, 2.24) is 0 Å². The highest BCUT2D eigenvalue weighted by Gasteiger charge is 2.40. The summed E-state index contributed by atoms with van der Waals surface area (Å²) in [5.41, 5.74) is -3.11. The summed E-state index contributed by atoms with van der Waals surface area (Å²) in [7, 11) is 0. The van der Waals surface area contributed by atoms with Crippen LogP contribution in [0, 0.1) is 19.5 Å². The van der Waals surface area contributed by atoms with Crippen LogP contribution in [-0.2, 0) is 6.18 Å². The van der Waals surface area contributed by atoms with Gasteiger partial charge in [0, 0.05) is 3.57 Å². The highest BCUT2D eigenvalue weighted by atomic mass is 127. The van der Waals surface area contributed by atoms with Crippen LogP contribution in [0.15, 0.2) is 12.1 Å². The molecular weight excluding hydrogens is 333 g/mol. The first-order chi connectivity index (χ1) is 6.73. The Kier molecular flexibility index (Phi) is 3.16. The van der Waals surface area contributed by atoms with Gasteiger partial charge in [-0.15, -0.1) is 0 Å². The molecular formula is C7H2F4INO2. The van der Waals surface area contributed by atoms with Crippen molar-refractivity contribution in [3.63, 3.8) is 0 Å². The molecule has 0 saturated carbocycles. The van der Waals surface area contributed by atoms with E-state index >= 15 is 0 Å². The second-order valence-electron chi connectivity index (χ2n) is 2.54. The molecule has 0 aliphatic heterocycles. The van der Waals surface area contributed by atoms with Crippen LogP contribution >= 0.6 is 22.6 Å². The minimum Gasteiger partial charge on any atom is -0.258 e. The van der Waals surface area contributed by atoms with Crippen molar-refractivity contribution in [3.8, 4) is 0 Å². The Morgan fingerprint density at radius 2 is 1.87 bits per heavy atom. The van der Waals surface area contributed by atoms with Crippen LogP contribution in [0.25, 0.3) is 0 Å². The summed E-state index contributed by atoms with van der Waals surface area (Å²) in [6, 6.07) is 1.20. The van der Waals surface area contributed by atoms with Gasteiger partial charge in [-0.05, 0) is 34.7 Å². The van der Waals surface area contributed by atoms with Gasteiger partial charge < -0.3 is 0 Å². The zero-order valence-corrected chi connectivity index (χ0v) is 8.97. The van der Waals surface area contributed by atoms with Gasteiger partial charge in [-0.2, -0.15) is 17.6 Å². The minimum atomic E-state index is -4.94. The molecule has 0 N–H and O–H groups in total. The average Bonchev–Trinajstić information content (AvgIpc) is 1.99. The zero-order chi connectivity index (χ0) is 11.8. The van der Waals surface area contributed by atoms with Crippen molar-refractivity contribution >= 4 is 28.3 Å². The van der Waals surface area contributed by atoms with Gasteiger partial charge in [0.05, 0.1) is 4.92 Å². The highest BCUT2D eigenvalue weighted by molar-refractivity contribution is 14.1. The van der Waals surface area contributed by atoms with Crippen molar-refractivity contribution in [2.45, 2.75) is 6.18 Å². The van der Waals surface area contributed by atoms with Gasteiger partial charge in [0.2, 0.25) is 5.82 Å². The number of nitro benzene ring substituents is 1. The van der Waals surface area contributed by atoms with Gasteiger partial charge in [-0.1, -0.05) is 0 Å². The molecule has 0 heterocycles. The average molecular weight is 335 g/mol. The second kappa shape index (κ2) is 3.91. The Balaban J connectivity index is 3.54. The number of rotatable bonds is 1. The van der Waals surface area contributed by atoms with E-state index in [2.05, 4.69) is 0 Å². The maximum Gasteiger partial charge on any atom is 0.423 e. The predicted molar refractivity (Wildman–Crippen MR) is 50.8 cm³/mol. The third kappa shape index (κ3) is 2.55. The summed E-state index contributed by atoms with van der Waals surface area (Å²) in [5, 5.41) is 10.3. The summed E-state index contributed by atoms with van der Waals surface area (Å²) in [4.78, 5) is 8.88. The quantitative estimate of drug-likeness (QED) is 0.342. The van der Waals surface area contributed by atoms with E-state index < -0.39 is 28.2 Å². The maximum absolute atomic E-state index is 12.9. The van der Waals surface area contributed by atoms with Gasteiger partial charge in [0.1, 0.15) is 5.56 Å². The second-order valence-corrected chi connectivity index (χ2v) is 3.78. The molecule has 0 unspecified atom stereocenters. The maximum atomic E-state index is 12.9. The molecule has 0 amide bonds. The Bertz CT molecular complexity index is 418. The minimum absolute atomic E-state index is 0.0528. The number of halogens is 5. The predicted octanol–water partition coefficient (Wildman–Crippen LogP) is 3.36. The molecule has 0 fully saturated rings. The fraction of sp³-hybridized carbons (Fsp3) is 0.143. The lowest BCUT2D eigenvalue weighted by Crippen LogP contribution is -2.10. The van der Waals surface area contributed by atoms with Crippen LogP contribution in [0.4, 0.5) is 23.2 Å². The van der Waals surface area contributed by atoms with E-state index in [1.807, 2.05) is 0 Å². The smallest absolute Gasteiger partial charge is 0.258 e. The van der Waals surface area contributed by atoms with Gasteiger partial charge in [-0.25, -0.2) is 0 Å². The normalized spacial score (nSPS) is 11.5. The van der Waals surface area contributed by atoms with Crippen molar-refractivity contribution < 1.29 is 22.5 Å². The van der Waals surface area contributed by atoms with Gasteiger partial charge >= 0.3 is 11.9 Å². The highest BCUT2D eigenvalue weighted by Crippen LogP contribution is 2.38. The molecule has 1 rings (SSSR count). The molecule has 0 aliphatic carbocycles. The summed E-state index contributed by atoms with van der Waals surface area (Å²) in [6.07, 6.45) is -4.94. The fourth-order valence-electron chi connectivity index (χ4n) is 0.968. The Morgan fingerprint density at radius 1 is 1.33 bits per heavy atom. The SMILES string of the molecule is O=[N+]([O-])c1c(F)cc(I)cc1C(F)(F)F. The van der Waals surface area contributed by atoms with E-state index in [9.17, 15) is 27.7 Å². The van der Waals surface area contributed by atoms with Crippen LogP contribution in [0.2, 0.25) is 0 Å². The summed E-state index contributed by atoms with van der Waals surface area (Å²) in [5.74, 6) is -1.49. The summed E-state index contributed by atoms with van der Waals surface area (Å²) >= 11 is 1.45. The van der Waals surface area contributed by atoms with E-state index in [-0.39, 0.29) is 3.57 Å². The molecule has 0 radical (unpaired) electrons. The van der Waals surface area contributed by atoms with Crippen molar-refractivity contribution in [2.75, 3.05) is 0 Å². The standard InChI is InChI=1S/C7H2F4INO2/c8-5-2-3(12)1-4(7(9,10)11)6(5)13(14)15/h1-2H. The Hall–Kier alpha value is -0.930. The number of nitrogens with zero attached hydrogens (tertiary/aromatic N) is 1. The topological polar surface area (TPSA) is 43.1 Å². The number of benzene rings is 1. The van der Waals surface area contributed by atoms with Crippen LogP contribution < -0.4 is 0 Å². The Morgan fingerprint density at radius 3 is 2.27 bits per heavy atom.